The summed E-state index contributed by atoms with van der Waals surface area (Å²) in [5, 5.41) is 7.16. The van der Waals surface area contributed by atoms with E-state index in [1.165, 1.54) is 18.4 Å². The Bertz CT molecular complexity index is 893. The highest BCUT2D eigenvalue weighted by Gasteiger charge is 2.37. The summed E-state index contributed by atoms with van der Waals surface area (Å²) >= 11 is 0. The molecular formula is C21H26N2O3. The second kappa shape index (κ2) is 6.72. The Labute approximate surface area is 153 Å². The molecule has 138 valence electrons. The van der Waals surface area contributed by atoms with E-state index in [1.54, 1.807) is 18.2 Å². The first-order chi connectivity index (χ1) is 12.2. The fraction of sp³-hybridized carbons (Fsp3) is 0.429. The number of benzene rings is 1. The van der Waals surface area contributed by atoms with E-state index in [2.05, 4.69) is 38.3 Å². The first kappa shape index (κ1) is 18.4. The van der Waals surface area contributed by atoms with Gasteiger partial charge < -0.3 is 15.1 Å². The summed E-state index contributed by atoms with van der Waals surface area (Å²) in [7, 11) is 0. The van der Waals surface area contributed by atoms with Gasteiger partial charge in [0.25, 0.3) is 0 Å². The molecular weight excluding hydrogens is 328 g/mol. The second-order valence-electron chi connectivity index (χ2n) is 8.36. The lowest BCUT2D eigenvalue weighted by Crippen LogP contribution is -2.62. The smallest absolute Gasteiger partial charge is 0.244 e. The number of amides is 1. The minimum Gasteiger partial charge on any atom is -0.463 e. The van der Waals surface area contributed by atoms with Crippen LogP contribution in [-0.4, -0.2) is 23.0 Å². The lowest BCUT2D eigenvalue weighted by molar-refractivity contribution is -0.117. The Morgan fingerprint density at radius 3 is 2.54 bits per heavy atom. The topological polar surface area (TPSA) is 71.3 Å². The fourth-order valence-corrected chi connectivity index (χ4v) is 4.05. The average molecular weight is 354 g/mol. The minimum atomic E-state index is -0.198. The molecule has 0 spiro atoms. The third-order valence-electron chi connectivity index (χ3n) is 4.66. The molecule has 0 saturated carbocycles. The number of hydrogen-bond acceptors (Lipinski definition) is 4. The molecule has 1 aromatic carbocycles. The van der Waals surface area contributed by atoms with Crippen molar-refractivity contribution >= 4 is 23.0 Å². The highest BCUT2D eigenvalue weighted by atomic mass is 16.3. The van der Waals surface area contributed by atoms with Crippen LogP contribution in [0.1, 0.15) is 46.1 Å². The summed E-state index contributed by atoms with van der Waals surface area (Å²) < 4.78 is 5.47. The largest absolute Gasteiger partial charge is 0.463 e. The van der Waals surface area contributed by atoms with Crippen molar-refractivity contribution in [3.63, 3.8) is 0 Å². The monoisotopic (exact) mass is 354 g/mol. The number of carbonyl (C=O) groups excluding carboxylic acids is 1. The maximum absolute atomic E-state index is 12.5. The number of piperidine rings is 1. The Hall–Kier alpha value is -2.40. The Morgan fingerprint density at radius 2 is 1.85 bits per heavy atom. The highest BCUT2D eigenvalue weighted by molar-refractivity contribution is 5.92. The van der Waals surface area contributed by atoms with Gasteiger partial charge in [0.2, 0.25) is 5.91 Å². The standard InChI is InChI=1S/C21H26N2O3/c1-20(2)11-15(12-21(3,4)23-20)22-18(24)10-9-14-13-26-17-8-6-5-7-16(17)19(14)25/h5-10,13,15,23H,11-12H2,1-4H3,(H,22,24)/b10-9+. The molecule has 5 heteroatoms. The van der Waals surface area contributed by atoms with Crippen LogP contribution in [0.3, 0.4) is 0 Å². The van der Waals surface area contributed by atoms with Crippen molar-refractivity contribution in [1.29, 1.82) is 0 Å². The maximum Gasteiger partial charge on any atom is 0.244 e. The summed E-state index contributed by atoms with van der Waals surface area (Å²) in [6.07, 6.45) is 6.03. The SMILES string of the molecule is CC1(C)CC(NC(=O)/C=C/c2coc3ccccc3c2=O)CC(C)(C)N1. The van der Waals surface area contributed by atoms with Crippen LogP contribution in [0.15, 0.2) is 45.8 Å². The molecule has 26 heavy (non-hydrogen) atoms. The van der Waals surface area contributed by atoms with E-state index in [1.807, 2.05) is 6.07 Å². The van der Waals surface area contributed by atoms with Gasteiger partial charge in [-0.05, 0) is 58.7 Å². The van der Waals surface area contributed by atoms with E-state index in [9.17, 15) is 9.59 Å². The van der Waals surface area contributed by atoms with Gasteiger partial charge in [-0.1, -0.05) is 12.1 Å². The van der Waals surface area contributed by atoms with Crippen LogP contribution in [0.4, 0.5) is 0 Å². The van der Waals surface area contributed by atoms with Crippen LogP contribution in [0.25, 0.3) is 17.0 Å². The van der Waals surface area contributed by atoms with E-state index in [-0.39, 0.29) is 28.5 Å². The van der Waals surface area contributed by atoms with Gasteiger partial charge in [0.1, 0.15) is 11.8 Å². The molecule has 2 heterocycles. The summed E-state index contributed by atoms with van der Waals surface area (Å²) in [6, 6.07) is 7.16. The first-order valence-electron chi connectivity index (χ1n) is 8.94. The van der Waals surface area contributed by atoms with Gasteiger partial charge in [-0.25, -0.2) is 0 Å². The summed E-state index contributed by atoms with van der Waals surface area (Å²) in [4.78, 5) is 24.8. The average Bonchev–Trinajstić information content (AvgIpc) is 2.51. The molecule has 1 fully saturated rings. The molecule has 1 aliphatic heterocycles. The molecule has 0 aliphatic carbocycles. The van der Waals surface area contributed by atoms with Crippen molar-refractivity contribution in [2.75, 3.05) is 0 Å². The summed E-state index contributed by atoms with van der Waals surface area (Å²) in [6.45, 7) is 8.57. The quantitative estimate of drug-likeness (QED) is 0.830. The van der Waals surface area contributed by atoms with E-state index >= 15 is 0 Å². The fourth-order valence-electron chi connectivity index (χ4n) is 4.05. The number of rotatable bonds is 3. The van der Waals surface area contributed by atoms with Crippen molar-refractivity contribution < 1.29 is 9.21 Å². The van der Waals surface area contributed by atoms with Gasteiger partial charge >= 0.3 is 0 Å². The molecule has 1 aromatic heterocycles. The van der Waals surface area contributed by atoms with Gasteiger partial charge in [0.15, 0.2) is 5.43 Å². The predicted molar refractivity (Wildman–Crippen MR) is 104 cm³/mol. The van der Waals surface area contributed by atoms with Gasteiger partial charge in [-0.15, -0.1) is 0 Å². The zero-order valence-electron chi connectivity index (χ0n) is 15.8. The van der Waals surface area contributed by atoms with Crippen molar-refractivity contribution in [2.24, 2.45) is 0 Å². The molecule has 1 amide bonds. The molecule has 0 unspecified atom stereocenters. The van der Waals surface area contributed by atoms with Crippen LogP contribution in [0, 0.1) is 0 Å². The number of nitrogens with one attached hydrogen (secondary N) is 2. The third-order valence-corrected chi connectivity index (χ3v) is 4.66. The molecule has 0 bridgehead atoms. The van der Waals surface area contributed by atoms with Gasteiger partial charge in [-0.3, -0.25) is 9.59 Å². The van der Waals surface area contributed by atoms with E-state index in [0.717, 1.165) is 12.8 Å². The molecule has 1 saturated heterocycles. The molecule has 3 rings (SSSR count). The van der Waals surface area contributed by atoms with Gasteiger partial charge in [0, 0.05) is 23.2 Å². The Kier molecular flexibility index (Phi) is 4.76. The maximum atomic E-state index is 12.5. The molecule has 1 aliphatic rings. The van der Waals surface area contributed by atoms with Crippen LogP contribution in [-0.2, 0) is 4.79 Å². The van der Waals surface area contributed by atoms with E-state index in [4.69, 9.17) is 4.42 Å². The van der Waals surface area contributed by atoms with Crippen molar-refractivity contribution in [3.8, 4) is 0 Å². The molecule has 2 aromatic rings. The lowest BCUT2D eigenvalue weighted by Gasteiger charge is -2.46. The molecule has 0 radical (unpaired) electrons. The van der Waals surface area contributed by atoms with Gasteiger partial charge in [-0.2, -0.15) is 0 Å². The van der Waals surface area contributed by atoms with Gasteiger partial charge in [0.05, 0.1) is 10.9 Å². The zero-order valence-corrected chi connectivity index (χ0v) is 15.8. The molecule has 0 atom stereocenters. The predicted octanol–water partition coefficient (Wildman–Crippen LogP) is 3.23. The Morgan fingerprint density at radius 1 is 1.19 bits per heavy atom. The lowest BCUT2D eigenvalue weighted by atomic mass is 9.79. The number of hydrogen-bond donors (Lipinski definition) is 2. The number of fused-ring (bicyclic) bond motifs is 1. The van der Waals surface area contributed by atoms with Crippen LogP contribution in [0.5, 0.6) is 0 Å². The Balaban J connectivity index is 1.72. The molecule has 2 N–H and O–H groups in total. The third kappa shape index (κ3) is 4.22. The number of carbonyl (C=O) groups is 1. The highest BCUT2D eigenvalue weighted by Crippen LogP contribution is 2.28. The first-order valence-corrected chi connectivity index (χ1v) is 8.94. The summed E-state index contributed by atoms with van der Waals surface area (Å²) in [5.41, 5.74) is 0.689. The van der Waals surface area contributed by atoms with Crippen molar-refractivity contribution in [2.45, 2.75) is 57.7 Å². The summed E-state index contributed by atoms with van der Waals surface area (Å²) in [5.74, 6) is -0.198. The van der Waals surface area contributed by atoms with E-state index < -0.39 is 0 Å². The molecule has 5 nitrogen and oxygen atoms in total. The zero-order chi connectivity index (χ0) is 18.9. The van der Waals surface area contributed by atoms with Crippen LogP contribution in [0.2, 0.25) is 0 Å². The number of para-hydroxylation sites is 1. The van der Waals surface area contributed by atoms with Crippen molar-refractivity contribution in [3.05, 3.63) is 52.4 Å². The minimum absolute atomic E-state index is 0.0389. The second-order valence-corrected chi connectivity index (χ2v) is 8.36. The van der Waals surface area contributed by atoms with Crippen LogP contribution < -0.4 is 16.1 Å². The van der Waals surface area contributed by atoms with E-state index in [0.29, 0.717) is 16.5 Å². The van der Waals surface area contributed by atoms with Crippen LogP contribution >= 0.6 is 0 Å². The van der Waals surface area contributed by atoms with Crippen molar-refractivity contribution in [1.82, 2.24) is 10.6 Å². The normalized spacial score (nSPS) is 19.7.